The van der Waals surface area contributed by atoms with Crippen molar-refractivity contribution in [2.45, 2.75) is 59.9 Å². The van der Waals surface area contributed by atoms with E-state index in [0.29, 0.717) is 5.02 Å². The second kappa shape index (κ2) is 9.41. The maximum atomic E-state index is 14.7. The largest absolute Gasteiger partial charge is 0.478 e. The van der Waals surface area contributed by atoms with E-state index in [0.717, 1.165) is 35.6 Å². The van der Waals surface area contributed by atoms with Crippen molar-refractivity contribution in [3.8, 4) is 0 Å². The maximum absolute atomic E-state index is 14.7. The predicted octanol–water partition coefficient (Wildman–Crippen LogP) is 7.14. The number of rotatable bonds is 6. The number of aryl methyl sites for hydroxylation is 1. The number of urea groups is 1. The van der Waals surface area contributed by atoms with Gasteiger partial charge in [0.25, 0.3) is 0 Å². The van der Waals surface area contributed by atoms with Crippen LogP contribution >= 0.6 is 11.6 Å². The Kier molecular flexibility index (Phi) is 7.13. The molecule has 1 heterocycles. The van der Waals surface area contributed by atoms with Gasteiger partial charge in [-0.1, -0.05) is 58.4 Å². The highest BCUT2D eigenvalue weighted by Gasteiger charge is 2.40. The first-order valence-corrected chi connectivity index (χ1v) is 11.8. The van der Waals surface area contributed by atoms with Gasteiger partial charge in [-0.25, -0.2) is 14.0 Å². The van der Waals surface area contributed by atoms with E-state index in [1.807, 2.05) is 39.0 Å². The van der Waals surface area contributed by atoms with Crippen molar-refractivity contribution in [2.75, 3.05) is 4.90 Å². The van der Waals surface area contributed by atoms with Crippen LogP contribution < -0.4 is 10.2 Å². The molecule has 3 rings (SSSR count). The molecule has 0 fully saturated rings. The number of benzene rings is 2. The Bertz CT molecular complexity index is 1150. The number of nitrogens with zero attached hydrogens (tertiary/aromatic N) is 1. The third-order valence-electron chi connectivity index (χ3n) is 6.27. The van der Waals surface area contributed by atoms with E-state index < -0.39 is 23.4 Å². The average Bonchev–Trinajstić information content (AvgIpc) is 2.72. The van der Waals surface area contributed by atoms with Crippen molar-refractivity contribution in [3.05, 3.63) is 75.7 Å². The lowest BCUT2D eigenvalue weighted by atomic mass is 9.78. The second-order valence-corrected chi connectivity index (χ2v) is 10.9. The van der Waals surface area contributed by atoms with Crippen LogP contribution in [0.25, 0.3) is 0 Å². The van der Waals surface area contributed by atoms with Gasteiger partial charge in [0, 0.05) is 11.2 Å². The number of carbonyl (C=O) groups excluding carboxylic acids is 1. The van der Waals surface area contributed by atoms with Gasteiger partial charge in [-0.05, 0) is 72.1 Å². The van der Waals surface area contributed by atoms with Crippen molar-refractivity contribution < 1.29 is 19.1 Å². The molecule has 0 saturated carbocycles. The second-order valence-electron chi connectivity index (χ2n) is 10.5. The molecule has 0 spiro atoms. The molecule has 2 amide bonds. The summed E-state index contributed by atoms with van der Waals surface area (Å²) >= 11 is 6.65. The lowest BCUT2D eigenvalue weighted by Crippen LogP contribution is -2.55. The minimum atomic E-state index is -1.23. The standard InChI is InChI=1S/C27H32ClFN2O3/c1-16(2)20-15-31(23-10-8-18(24(32)33)13-22(23)29)25(34)30-27(20,6)19-9-7-17(21(28)14-19)11-12-26(3,4)5/h7-10,13-16H,11-12H2,1-6H3,(H,30,34)(H,32,33)/t27-/m0/s1. The fourth-order valence-electron chi connectivity index (χ4n) is 4.22. The van der Waals surface area contributed by atoms with Gasteiger partial charge in [-0.15, -0.1) is 0 Å². The first-order valence-electron chi connectivity index (χ1n) is 11.4. The van der Waals surface area contributed by atoms with E-state index in [4.69, 9.17) is 16.7 Å². The molecule has 1 aliphatic rings. The number of nitrogens with one attached hydrogen (secondary N) is 1. The van der Waals surface area contributed by atoms with Crippen molar-refractivity contribution in [3.63, 3.8) is 0 Å². The van der Waals surface area contributed by atoms with Gasteiger partial charge in [0.05, 0.1) is 16.8 Å². The molecule has 0 aromatic heterocycles. The summed E-state index contributed by atoms with van der Waals surface area (Å²) in [4.78, 5) is 25.5. The first-order chi connectivity index (χ1) is 15.7. The Hall–Kier alpha value is -2.86. The molecule has 182 valence electrons. The van der Waals surface area contributed by atoms with Crippen LogP contribution in [0.4, 0.5) is 14.9 Å². The molecule has 2 aromatic carbocycles. The van der Waals surface area contributed by atoms with Crippen LogP contribution in [-0.4, -0.2) is 17.1 Å². The van der Waals surface area contributed by atoms with Gasteiger partial charge < -0.3 is 10.4 Å². The van der Waals surface area contributed by atoms with Crippen LogP contribution in [0.2, 0.25) is 5.02 Å². The summed E-state index contributed by atoms with van der Waals surface area (Å²) in [6.45, 7) is 12.5. The molecule has 1 atom stereocenters. The summed E-state index contributed by atoms with van der Waals surface area (Å²) in [7, 11) is 0. The lowest BCUT2D eigenvalue weighted by Gasteiger charge is -2.42. The summed E-state index contributed by atoms with van der Waals surface area (Å²) in [6, 6.07) is 8.87. The number of carboxylic acid groups (broad SMARTS) is 1. The lowest BCUT2D eigenvalue weighted by molar-refractivity contribution is 0.0696. The Labute approximate surface area is 205 Å². The Morgan fingerprint density at radius 2 is 1.88 bits per heavy atom. The van der Waals surface area contributed by atoms with Gasteiger partial charge in [0.15, 0.2) is 0 Å². The fourth-order valence-corrected chi connectivity index (χ4v) is 4.50. The van der Waals surface area contributed by atoms with E-state index >= 15 is 0 Å². The summed E-state index contributed by atoms with van der Waals surface area (Å²) in [5.41, 5.74) is 1.92. The first kappa shape index (κ1) is 25.8. The number of hydrogen-bond donors (Lipinski definition) is 2. The number of carbonyl (C=O) groups is 2. The Morgan fingerprint density at radius 1 is 1.21 bits per heavy atom. The van der Waals surface area contributed by atoms with Gasteiger partial charge in [-0.3, -0.25) is 4.90 Å². The summed E-state index contributed by atoms with van der Waals surface area (Å²) in [6.07, 6.45) is 3.50. The van der Waals surface area contributed by atoms with Crippen LogP contribution in [0.5, 0.6) is 0 Å². The molecular formula is C27H32ClFN2O3. The SMILES string of the molecule is CC(C)C1=CN(c2ccc(C(=O)O)cc2F)C(=O)N[C@@]1(C)c1ccc(CCC(C)(C)C)c(Cl)c1. The molecule has 0 radical (unpaired) electrons. The van der Waals surface area contributed by atoms with E-state index in [-0.39, 0.29) is 22.6 Å². The van der Waals surface area contributed by atoms with Crippen molar-refractivity contribution in [1.29, 1.82) is 0 Å². The van der Waals surface area contributed by atoms with Crippen molar-refractivity contribution in [2.24, 2.45) is 11.3 Å². The summed E-state index contributed by atoms with van der Waals surface area (Å²) < 4.78 is 14.7. The third-order valence-corrected chi connectivity index (χ3v) is 6.62. The van der Waals surface area contributed by atoms with E-state index in [9.17, 15) is 14.0 Å². The fraction of sp³-hybridized carbons (Fsp3) is 0.407. The number of anilines is 1. The van der Waals surface area contributed by atoms with E-state index in [1.54, 1.807) is 6.20 Å². The molecule has 7 heteroatoms. The molecule has 2 aromatic rings. The Balaban J connectivity index is 2.01. The maximum Gasteiger partial charge on any atom is 0.335 e. The van der Waals surface area contributed by atoms with Gasteiger partial charge >= 0.3 is 12.0 Å². The van der Waals surface area contributed by atoms with Crippen LogP contribution in [-0.2, 0) is 12.0 Å². The molecule has 5 nitrogen and oxygen atoms in total. The molecule has 0 unspecified atom stereocenters. The van der Waals surface area contributed by atoms with Gasteiger partial charge in [0.1, 0.15) is 5.82 Å². The van der Waals surface area contributed by atoms with Gasteiger partial charge in [-0.2, -0.15) is 0 Å². The van der Waals surface area contributed by atoms with E-state index in [1.165, 1.54) is 17.0 Å². The quantitative estimate of drug-likeness (QED) is 0.455. The number of halogens is 2. The number of amides is 2. The highest BCUT2D eigenvalue weighted by molar-refractivity contribution is 6.31. The van der Waals surface area contributed by atoms with Gasteiger partial charge in [0.2, 0.25) is 0 Å². The average molecular weight is 487 g/mol. The van der Waals surface area contributed by atoms with Crippen LogP contribution in [0.3, 0.4) is 0 Å². The zero-order valence-corrected chi connectivity index (χ0v) is 21.3. The highest BCUT2D eigenvalue weighted by atomic mass is 35.5. The normalized spacial score (nSPS) is 18.7. The summed E-state index contributed by atoms with van der Waals surface area (Å²) in [5.74, 6) is -2.00. The minimum Gasteiger partial charge on any atom is -0.478 e. The number of carboxylic acids is 1. The Morgan fingerprint density at radius 3 is 2.41 bits per heavy atom. The van der Waals surface area contributed by atoms with E-state index in [2.05, 4.69) is 26.1 Å². The van der Waals surface area contributed by atoms with Crippen LogP contribution in [0.15, 0.2) is 48.2 Å². The zero-order valence-electron chi connectivity index (χ0n) is 20.5. The smallest absolute Gasteiger partial charge is 0.335 e. The molecule has 0 saturated heterocycles. The molecule has 34 heavy (non-hydrogen) atoms. The molecule has 1 aliphatic heterocycles. The monoisotopic (exact) mass is 486 g/mol. The third kappa shape index (κ3) is 5.27. The molecule has 0 aliphatic carbocycles. The zero-order chi connectivity index (χ0) is 25.4. The number of hydrogen-bond acceptors (Lipinski definition) is 2. The molecule has 0 bridgehead atoms. The summed E-state index contributed by atoms with van der Waals surface area (Å²) in [5, 5.41) is 12.8. The number of aromatic carboxylic acids is 1. The minimum absolute atomic E-state index is 0.0155. The van der Waals surface area contributed by atoms with Crippen molar-refractivity contribution >= 4 is 29.3 Å². The van der Waals surface area contributed by atoms with Crippen molar-refractivity contribution in [1.82, 2.24) is 5.32 Å². The van der Waals surface area contributed by atoms with Crippen LogP contribution in [0, 0.1) is 17.2 Å². The molecular weight excluding hydrogens is 455 g/mol. The molecule has 2 N–H and O–H groups in total. The highest BCUT2D eigenvalue weighted by Crippen LogP contribution is 2.40. The predicted molar refractivity (Wildman–Crippen MR) is 134 cm³/mol. The topological polar surface area (TPSA) is 69.6 Å². The van der Waals surface area contributed by atoms with Crippen LogP contribution in [0.1, 0.15) is 69.4 Å².